The number of esters is 1. The molecule has 1 heterocycles. The molecule has 0 bridgehead atoms. The molecule has 6 heteroatoms. The largest absolute Gasteiger partial charge is 0.466 e. The highest BCUT2D eigenvalue weighted by Gasteiger charge is 2.11. The number of Topliss-reactive ketones (excluding diaryl/α,β-unsaturated/α-hetero) is 1. The summed E-state index contributed by atoms with van der Waals surface area (Å²) in [6, 6.07) is 7.10. The Hall–Kier alpha value is -2.50. The molecule has 21 heavy (non-hydrogen) atoms. The third kappa shape index (κ3) is 3.75. The molecule has 0 radical (unpaired) electrons. The highest BCUT2D eigenvalue weighted by molar-refractivity contribution is 5.84. The Bertz CT molecular complexity index is 721. The SMILES string of the molecule is CCOC(=O)CCC(=O)Cn1c(=O)cnc2ccccc21. The van der Waals surface area contributed by atoms with Crippen LogP contribution in [-0.4, -0.2) is 27.9 Å². The van der Waals surface area contributed by atoms with Crippen LogP contribution >= 0.6 is 0 Å². The van der Waals surface area contributed by atoms with Crippen molar-refractivity contribution in [2.75, 3.05) is 6.61 Å². The second-order valence-electron chi connectivity index (χ2n) is 4.51. The number of rotatable bonds is 6. The van der Waals surface area contributed by atoms with E-state index >= 15 is 0 Å². The number of para-hydroxylation sites is 2. The first-order valence-electron chi connectivity index (χ1n) is 6.73. The number of benzene rings is 1. The molecule has 0 saturated carbocycles. The smallest absolute Gasteiger partial charge is 0.306 e. The zero-order valence-corrected chi connectivity index (χ0v) is 11.7. The number of ketones is 1. The molecule has 0 saturated heterocycles. The molecule has 2 rings (SSSR count). The monoisotopic (exact) mass is 288 g/mol. The lowest BCUT2D eigenvalue weighted by Crippen LogP contribution is -2.25. The standard InChI is InChI=1S/C15H16N2O4/c1-2-21-15(20)8-7-11(18)10-17-13-6-4-3-5-12(13)16-9-14(17)19/h3-6,9H,2,7-8,10H2,1H3. The molecule has 0 amide bonds. The zero-order valence-electron chi connectivity index (χ0n) is 11.7. The van der Waals surface area contributed by atoms with E-state index in [4.69, 9.17) is 4.74 Å². The summed E-state index contributed by atoms with van der Waals surface area (Å²) in [5.74, 6) is -0.598. The van der Waals surface area contributed by atoms with Crippen molar-refractivity contribution >= 4 is 22.8 Å². The van der Waals surface area contributed by atoms with Gasteiger partial charge in [0.25, 0.3) is 5.56 Å². The molecule has 0 atom stereocenters. The Kier molecular flexibility index (Phi) is 4.81. The van der Waals surface area contributed by atoms with Crippen molar-refractivity contribution in [3.63, 3.8) is 0 Å². The molecule has 6 nitrogen and oxygen atoms in total. The Morgan fingerprint density at radius 3 is 2.76 bits per heavy atom. The van der Waals surface area contributed by atoms with Gasteiger partial charge in [-0.2, -0.15) is 0 Å². The van der Waals surface area contributed by atoms with Crippen LogP contribution in [0.25, 0.3) is 11.0 Å². The van der Waals surface area contributed by atoms with Gasteiger partial charge in [-0.1, -0.05) is 12.1 Å². The fourth-order valence-electron chi connectivity index (χ4n) is 2.01. The summed E-state index contributed by atoms with van der Waals surface area (Å²) >= 11 is 0. The van der Waals surface area contributed by atoms with Crippen molar-refractivity contribution < 1.29 is 14.3 Å². The molecule has 0 fully saturated rings. The maximum Gasteiger partial charge on any atom is 0.306 e. The van der Waals surface area contributed by atoms with E-state index in [-0.39, 0.29) is 30.7 Å². The molecule has 0 unspecified atom stereocenters. The summed E-state index contributed by atoms with van der Waals surface area (Å²) in [7, 11) is 0. The van der Waals surface area contributed by atoms with Gasteiger partial charge in [-0.15, -0.1) is 0 Å². The van der Waals surface area contributed by atoms with Gasteiger partial charge in [-0.05, 0) is 19.1 Å². The lowest BCUT2D eigenvalue weighted by Gasteiger charge is -2.08. The predicted octanol–water partition coefficient (Wildman–Crippen LogP) is 1.31. The van der Waals surface area contributed by atoms with E-state index < -0.39 is 5.97 Å². The van der Waals surface area contributed by atoms with Crippen molar-refractivity contribution in [2.45, 2.75) is 26.3 Å². The molecule has 0 N–H and O–H groups in total. The predicted molar refractivity (Wildman–Crippen MR) is 76.9 cm³/mol. The molecule has 1 aromatic heterocycles. The lowest BCUT2D eigenvalue weighted by atomic mass is 10.2. The van der Waals surface area contributed by atoms with Gasteiger partial charge in [-0.25, -0.2) is 4.98 Å². The van der Waals surface area contributed by atoms with E-state index in [0.29, 0.717) is 17.6 Å². The summed E-state index contributed by atoms with van der Waals surface area (Å²) in [6.45, 7) is 1.94. The summed E-state index contributed by atoms with van der Waals surface area (Å²) in [6.07, 6.45) is 1.29. The van der Waals surface area contributed by atoms with E-state index in [1.807, 2.05) is 6.07 Å². The molecular formula is C15H16N2O4. The van der Waals surface area contributed by atoms with Crippen LogP contribution in [0, 0.1) is 0 Å². The fraction of sp³-hybridized carbons (Fsp3) is 0.333. The van der Waals surface area contributed by atoms with Gasteiger partial charge in [0.15, 0.2) is 5.78 Å². The zero-order chi connectivity index (χ0) is 15.2. The number of fused-ring (bicyclic) bond motifs is 1. The Balaban J connectivity index is 2.12. The van der Waals surface area contributed by atoms with Gasteiger partial charge in [0.2, 0.25) is 0 Å². The minimum atomic E-state index is -0.405. The second kappa shape index (κ2) is 6.78. The Morgan fingerprint density at radius 1 is 1.24 bits per heavy atom. The van der Waals surface area contributed by atoms with Crippen LogP contribution in [-0.2, 0) is 20.9 Å². The normalized spacial score (nSPS) is 10.5. The number of nitrogens with zero attached hydrogens (tertiary/aromatic N) is 2. The third-order valence-corrected chi connectivity index (χ3v) is 3.00. The van der Waals surface area contributed by atoms with Crippen molar-refractivity contribution in [2.24, 2.45) is 0 Å². The van der Waals surface area contributed by atoms with E-state index in [0.717, 1.165) is 0 Å². The van der Waals surface area contributed by atoms with E-state index in [9.17, 15) is 14.4 Å². The molecule has 0 spiro atoms. The first-order chi connectivity index (χ1) is 10.1. The van der Waals surface area contributed by atoms with Crippen LogP contribution in [0.3, 0.4) is 0 Å². The van der Waals surface area contributed by atoms with Gasteiger partial charge < -0.3 is 4.74 Å². The Labute approximate surface area is 121 Å². The highest BCUT2D eigenvalue weighted by Crippen LogP contribution is 2.08. The summed E-state index contributed by atoms with van der Waals surface area (Å²) in [5, 5.41) is 0. The van der Waals surface area contributed by atoms with Crippen molar-refractivity contribution in [1.29, 1.82) is 0 Å². The summed E-state index contributed by atoms with van der Waals surface area (Å²) in [5.41, 5.74) is 0.919. The topological polar surface area (TPSA) is 78.3 Å². The number of carbonyl (C=O) groups excluding carboxylic acids is 2. The van der Waals surface area contributed by atoms with Crippen molar-refractivity contribution in [3.8, 4) is 0 Å². The van der Waals surface area contributed by atoms with E-state index in [2.05, 4.69) is 4.98 Å². The van der Waals surface area contributed by atoms with Gasteiger partial charge in [0.1, 0.15) is 0 Å². The van der Waals surface area contributed by atoms with Crippen molar-refractivity contribution in [3.05, 3.63) is 40.8 Å². The first kappa shape index (κ1) is 14.9. The quantitative estimate of drug-likeness (QED) is 0.749. The number of ether oxygens (including phenoxy) is 1. The summed E-state index contributed by atoms with van der Waals surface area (Å²) in [4.78, 5) is 39.0. The molecule has 0 aliphatic carbocycles. The molecule has 2 aromatic rings. The van der Waals surface area contributed by atoms with Crippen molar-refractivity contribution in [1.82, 2.24) is 9.55 Å². The maximum absolute atomic E-state index is 11.9. The minimum absolute atomic E-state index is 0.0322. The van der Waals surface area contributed by atoms with Crippen LogP contribution in [0.15, 0.2) is 35.3 Å². The lowest BCUT2D eigenvalue weighted by molar-refractivity contribution is -0.144. The highest BCUT2D eigenvalue weighted by atomic mass is 16.5. The van der Waals surface area contributed by atoms with Crippen LogP contribution in [0.2, 0.25) is 0 Å². The van der Waals surface area contributed by atoms with Gasteiger partial charge in [0, 0.05) is 6.42 Å². The average Bonchev–Trinajstić information content (AvgIpc) is 2.48. The molecule has 0 aliphatic heterocycles. The second-order valence-corrected chi connectivity index (χ2v) is 4.51. The number of aromatic nitrogens is 2. The van der Waals surface area contributed by atoms with E-state index in [1.165, 1.54) is 10.8 Å². The Morgan fingerprint density at radius 2 is 2.00 bits per heavy atom. The molecule has 110 valence electrons. The minimum Gasteiger partial charge on any atom is -0.466 e. The van der Waals surface area contributed by atoms with Crippen LogP contribution < -0.4 is 5.56 Å². The van der Waals surface area contributed by atoms with Crippen LogP contribution in [0.5, 0.6) is 0 Å². The van der Waals surface area contributed by atoms with Crippen LogP contribution in [0.1, 0.15) is 19.8 Å². The number of hydrogen-bond donors (Lipinski definition) is 0. The fourth-order valence-corrected chi connectivity index (χ4v) is 2.01. The molecule has 0 aliphatic rings. The van der Waals surface area contributed by atoms with Crippen LogP contribution in [0.4, 0.5) is 0 Å². The third-order valence-electron chi connectivity index (χ3n) is 3.00. The van der Waals surface area contributed by atoms with E-state index in [1.54, 1.807) is 25.1 Å². The average molecular weight is 288 g/mol. The molecular weight excluding hydrogens is 272 g/mol. The number of hydrogen-bond acceptors (Lipinski definition) is 5. The maximum atomic E-state index is 11.9. The van der Waals surface area contributed by atoms with Gasteiger partial charge >= 0.3 is 5.97 Å². The summed E-state index contributed by atoms with van der Waals surface area (Å²) < 4.78 is 6.14. The van der Waals surface area contributed by atoms with Gasteiger partial charge in [0.05, 0.1) is 36.8 Å². The number of carbonyl (C=O) groups is 2. The first-order valence-corrected chi connectivity index (χ1v) is 6.73. The molecule has 1 aromatic carbocycles. The van der Waals surface area contributed by atoms with Gasteiger partial charge in [-0.3, -0.25) is 19.0 Å².